The van der Waals surface area contributed by atoms with E-state index in [0.717, 1.165) is 27.7 Å². The standard InChI is InChI=1S/C28H23IN2O3S/c1-3-7-20-14-19(15-24(33-4-2)26(20)34-17-18-10-12-21(29)13-11-18)16-25-27(32)31-23-9-6-5-8-22(23)30-28(31)35-25/h3,5-6,8-16H,1,4,7,17H2,2H3/b25-16-. The third kappa shape index (κ3) is 4.83. The molecular formula is C28H23IN2O3S. The molecule has 2 aromatic heterocycles. The SMILES string of the molecule is C=CCc1cc(/C=c2\sc3nc4ccccc4n3c2=O)cc(OCC)c1OCc1ccc(I)cc1. The lowest BCUT2D eigenvalue weighted by Crippen LogP contribution is -2.22. The fourth-order valence-corrected chi connectivity index (χ4v) is 5.35. The average Bonchev–Trinajstić information content (AvgIpc) is 3.36. The molecule has 0 saturated carbocycles. The van der Waals surface area contributed by atoms with Crippen molar-refractivity contribution in [1.29, 1.82) is 0 Å². The maximum Gasteiger partial charge on any atom is 0.274 e. The van der Waals surface area contributed by atoms with Crippen LogP contribution < -0.4 is 19.6 Å². The number of halogens is 1. The fourth-order valence-electron chi connectivity index (χ4n) is 4.00. The highest BCUT2D eigenvalue weighted by atomic mass is 127. The summed E-state index contributed by atoms with van der Waals surface area (Å²) >= 11 is 3.68. The number of benzene rings is 3. The topological polar surface area (TPSA) is 52.8 Å². The minimum atomic E-state index is -0.0685. The third-order valence-electron chi connectivity index (χ3n) is 5.56. The Labute approximate surface area is 220 Å². The van der Waals surface area contributed by atoms with E-state index >= 15 is 0 Å². The number of rotatable bonds is 8. The molecule has 176 valence electrons. The van der Waals surface area contributed by atoms with Gasteiger partial charge >= 0.3 is 0 Å². The van der Waals surface area contributed by atoms with Gasteiger partial charge in [0.25, 0.3) is 5.56 Å². The number of thiazole rings is 1. The van der Waals surface area contributed by atoms with Crippen molar-refractivity contribution in [3.05, 3.63) is 108 Å². The number of allylic oxidation sites excluding steroid dienone is 1. The molecule has 35 heavy (non-hydrogen) atoms. The summed E-state index contributed by atoms with van der Waals surface area (Å²) in [5.41, 5.74) is 4.49. The summed E-state index contributed by atoms with van der Waals surface area (Å²) in [6, 6.07) is 19.9. The minimum absolute atomic E-state index is 0.0685. The fraction of sp³-hybridized carbons (Fsp3) is 0.143. The van der Waals surface area contributed by atoms with E-state index in [1.54, 1.807) is 4.40 Å². The van der Waals surface area contributed by atoms with Crippen LogP contribution >= 0.6 is 33.9 Å². The number of nitrogens with zero attached hydrogens (tertiary/aromatic N) is 2. The first kappa shape index (κ1) is 23.6. The Morgan fingerprint density at radius 3 is 2.69 bits per heavy atom. The monoisotopic (exact) mass is 594 g/mol. The van der Waals surface area contributed by atoms with Gasteiger partial charge < -0.3 is 9.47 Å². The van der Waals surface area contributed by atoms with Crippen LogP contribution in [0.15, 0.2) is 78.1 Å². The molecule has 0 atom stereocenters. The van der Waals surface area contributed by atoms with E-state index in [-0.39, 0.29) is 5.56 Å². The lowest BCUT2D eigenvalue weighted by atomic mass is 10.1. The molecule has 5 aromatic rings. The zero-order valence-electron chi connectivity index (χ0n) is 19.2. The Hall–Kier alpha value is -3.17. The molecule has 0 aliphatic heterocycles. The van der Waals surface area contributed by atoms with E-state index in [2.05, 4.69) is 58.4 Å². The van der Waals surface area contributed by atoms with Crippen molar-refractivity contribution in [2.45, 2.75) is 20.0 Å². The van der Waals surface area contributed by atoms with Crippen molar-refractivity contribution in [2.75, 3.05) is 6.61 Å². The normalized spacial score (nSPS) is 11.9. The molecule has 5 rings (SSSR count). The lowest BCUT2D eigenvalue weighted by molar-refractivity contribution is 0.267. The number of aromatic nitrogens is 2. The molecule has 0 unspecified atom stereocenters. The second-order valence-electron chi connectivity index (χ2n) is 7.98. The second-order valence-corrected chi connectivity index (χ2v) is 10.2. The summed E-state index contributed by atoms with van der Waals surface area (Å²) in [7, 11) is 0. The zero-order valence-corrected chi connectivity index (χ0v) is 22.1. The second kappa shape index (κ2) is 10.2. The molecule has 3 aromatic carbocycles. The molecule has 0 radical (unpaired) electrons. The van der Waals surface area contributed by atoms with Gasteiger partial charge in [0.15, 0.2) is 16.5 Å². The first-order valence-corrected chi connectivity index (χ1v) is 13.2. The number of imidazole rings is 1. The zero-order chi connectivity index (χ0) is 24.4. The van der Waals surface area contributed by atoms with E-state index in [4.69, 9.17) is 9.47 Å². The predicted molar refractivity (Wildman–Crippen MR) is 151 cm³/mol. The molecule has 0 bridgehead atoms. The summed E-state index contributed by atoms with van der Waals surface area (Å²) in [6.07, 6.45) is 4.36. The first-order valence-electron chi connectivity index (χ1n) is 11.3. The molecule has 0 spiro atoms. The van der Waals surface area contributed by atoms with Crippen molar-refractivity contribution in [1.82, 2.24) is 9.38 Å². The molecular weight excluding hydrogens is 571 g/mol. The van der Waals surface area contributed by atoms with E-state index in [1.165, 1.54) is 14.9 Å². The van der Waals surface area contributed by atoms with Gasteiger partial charge in [-0.15, -0.1) is 6.58 Å². The van der Waals surface area contributed by atoms with E-state index in [1.807, 2.05) is 55.5 Å². The Kier molecular flexibility index (Phi) is 6.88. The minimum Gasteiger partial charge on any atom is -0.490 e. The highest BCUT2D eigenvalue weighted by molar-refractivity contribution is 14.1. The molecule has 0 aliphatic carbocycles. The van der Waals surface area contributed by atoms with Gasteiger partial charge in [-0.1, -0.05) is 41.7 Å². The van der Waals surface area contributed by atoms with Crippen LogP contribution in [0.5, 0.6) is 11.5 Å². The molecule has 7 heteroatoms. The molecule has 2 heterocycles. The largest absolute Gasteiger partial charge is 0.490 e. The van der Waals surface area contributed by atoms with Gasteiger partial charge in [-0.25, -0.2) is 9.38 Å². The number of fused-ring (bicyclic) bond motifs is 3. The quantitative estimate of drug-likeness (QED) is 0.169. The van der Waals surface area contributed by atoms with Crippen LogP contribution in [0.2, 0.25) is 0 Å². The van der Waals surface area contributed by atoms with Gasteiger partial charge in [-0.2, -0.15) is 0 Å². The summed E-state index contributed by atoms with van der Waals surface area (Å²) in [5, 5.41) is 0. The number of ether oxygens (including phenoxy) is 2. The summed E-state index contributed by atoms with van der Waals surface area (Å²) in [4.78, 5) is 18.5. The molecule has 0 N–H and O–H groups in total. The highest BCUT2D eigenvalue weighted by Gasteiger charge is 2.15. The summed E-state index contributed by atoms with van der Waals surface area (Å²) in [5.74, 6) is 1.36. The van der Waals surface area contributed by atoms with Crippen LogP contribution in [0.1, 0.15) is 23.6 Å². The van der Waals surface area contributed by atoms with Crippen LogP contribution in [0.25, 0.3) is 22.1 Å². The maximum atomic E-state index is 13.2. The Morgan fingerprint density at radius 1 is 1.11 bits per heavy atom. The Morgan fingerprint density at radius 2 is 1.91 bits per heavy atom. The number of hydrogen-bond acceptors (Lipinski definition) is 5. The van der Waals surface area contributed by atoms with Gasteiger partial charge in [0.2, 0.25) is 0 Å². The van der Waals surface area contributed by atoms with Crippen molar-refractivity contribution in [2.24, 2.45) is 0 Å². The highest BCUT2D eigenvalue weighted by Crippen LogP contribution is 2.35. The van der Waals surface area contributed by atoms with Crippen LogP contribution in [0, 0.1) is 3.57 Å². The van der Waals surface area contributed by atoms with Gasteiger partial charge in [-0.05, 0) is 89.5 Å². The van der Waals surface area contributed by atoms with Gasteiger partial charge in [0.1, 0.15) is 6.61 Å². The molecule has 0 saturated heterocycles. The van der Waals surface area contributed by atoms with Gasteiger partial charge in [0, 0.05) is 9.13 Å². The summed E-state index contributed by atoms with van der Waals surface area (Å²) < 4.78 is 15.7. The van der Waals surface area contributed by atoms with Crippen LogP contribution in [-0.4, -0.2) is 16.0 Å². The maximum absolute atomic E-state index is 13.2. The van der Waals surface area contributed by atoms with Gasteiger partial charge in [0.05, 0.1) is 22.2 Å². The molecule has 0 amide bonds. The van der Waals surface area contributed by atoms with Gasteiger partial charge in [-0.3, -0.25) is 4.79 Å². The van der Waals surface area contributed by atoms with Crippen molar-refractivity contribution >= 4 is 56.0 Å². The Bertz CT molecular complexity index is 1640. The first-order chi connectivity index (χ1) is 17.1. The van der Waals surface area contributed by atoms with Crippen LogP contribution in [-0.2, 0) is 13.0 Å². The molecule has 0 aliphatic rings. The van der Waals surface area contributed by atoms with Crippen LogP contribution in [0.4, 0.5) is 0 Å². The lowest BCUT2D eigenvalue weighted by Gasteiger charge is -2.17. The van der Waals surface area contributed by atoms with Crippen LogP contribution in [0.3, 0.4) is 0 Å². The Balaban J connectivity index is 1.57. The van der Waals surface area contributed by atoms with Crippen molar-refractivity contribution in [3.63, 3.8) is 0 Å². The van der Waals surface area contributed by atoms with E-state index in [9.17, 15) is 4.79 Å². The molecule has 0 fully saturated rings. The van der Waals surface area contributed by atoms with Crippen molar-refractivity contribution < 1.29 is 9.47 Å². The number of para-hydroxylation sites is 2. The number of hydrogen-bond donors (Lipinski definition) is 0. The average molecular weight is 594 g/mol. The summed E-state index contributed by atoms with van der Waals surface area (Å²) in [6.45, 7) is 6.80. The predicted octanol–water partition coefficient (Wildman–Crippen LogP) is 5.77. The van der Waals surface area contributed by atoms with E-state index in [0.29, 0.717) is 40.6 Å². The van der Waals surface area contributed by atoms with E-state index < -0.39 is 0 Å². The smallest absolute Gasteiger partial charge is 0.274 e. The molecule has 5 nitrogen and oxygen atoms in total. The third-order valence-corrected chi connectivity index (χ3v) is 7.25. The van der Waals surface area contributed by atoms with Crippen molar-refractivity contribution in [3.8, 4) is 11.5 Å².